The van der Waals surface area contributed by atoms with Gasteiger partial charge in [-0.15, -0.1) is 0 Å². The Morgan fingerprint density at radius 3 is 2.78 bits per heavy atom. The minimum absolute atomic E-state index is 0.166. The predicted molar refractivity (Wildman–Crippen MR) is 70.7 cm³/mol. The van der Waals surface area contributed by atoms with Gasteiger partial charge in [0.1, 0.15) is 6.04 Å². The Labute approximate surface area is 113 Å². The van der Waals surface area contributed by atoms with Crippen molar-refractivity contribution >= 4 is 46.5 Å². The smallest absolute Gasteiger partial charge is 0.305 e. The Morgan fingerprint density at radius 2 is 2.17 bits per heavy atom. The lowest BCUT2D eigenvalue weighted by Crippen LogP contribution is -2.32. The molecule has 18 heavy (non-hydrogen) atoms. The third-order valence-electron chi connectivity index (χ3n) is 2.49. The molecule has 1 aliphatic heterocycles. The van der Waals surface area contributed by atoms with E-state index in [-0.39, 0.29) is 11.5 Å². The molecule has 1 amide bonds. The molecule has 1 fully saturated rings. The molecule has 2 N–H and O–H groups in total. The topological polar surface area (TPSA) is 69.6 Å². The fraction of sp³-hybridized carbons (Fsp3) is 0.182. The number of para-hydroxylation sites is 1. The van der Waals surface area contributed by atoms with Crippen molar-refractivity contribution in [2.75, 3.05) is 4.90 Å². The number of carbonyl (C=O) groups excluding carboxylic acids is 1. The lowest BCUT2D eigenvalue weighted by atomic mass is 10.2. The van der Waals surface area contributed by atoms with E-state index in [1.54, 1.807) is 24.3 Å². The molecule has 1 aliphatic rings. The maximum Gasteiger partial charge on any atom is 0.305 e. The van der Waals surface area contributed by atoms with Crippen LogP contribution in [-0.2, 0) is 9.59 Å². The molecule has 0 bridgehead atoms. The van der Waals surface area contributed by atoms with Crippen LogP contribution in [-0.4, -0.2) is 28.1 Å². The van der Waals surface area contributed by atoms with E-state index in [9.17, 15) is 9.59 Å². The number of thiocarbonyl (C=S) groups is 1. The second kappa shape index (κ2) is 4.91. The number of carboxylic acids is 1. The molecule has 1 saturated heterocycles. The highest BCUT2D eigenvalue weighted by Gasteiger charge is 2.38. The molecule has 2 rings (SSSR count). The van der Waals surface area contributed by atoms with Crippen molar-refractivity contribution in [3.8, 4) is 0 Å². The van der Waals surface area contributed by atoms with Gasteiger partial charge in [-0.05, 0) is 24.4 Å². The number of hydrogen-bond acceptors (Lipinski definition) is 3. The summed E-state index contributed by atoms with van der Waals surface area (Å²) in [6, 6.07) is 5.90. The second-order valence-electron chi connectivity index (χ2n) is 3.72. The van der Waals surface area contributed by atoms with Gasteiger partial charge in [0.05, 0.1) is 17.1 Å². The third-order valence-corrected chi connectivity index (χ3v) is 3.11. The van der Waals surface area contributed by atoms with Crippen molar-refractivity contribution in [3.05, 3.63) is 29.3 Å². The van der Waals surface area contributed by atoms with Gasteiger partial charge in [-0.3, -0.25) is 14.5 Å². The average molecular weight is 285 g/mol. The molecule has 1 aromatic rings. The van der Waals surface area contributed by atoms with Crippen LogP contribution in [0.2, 0.25) is 5.02 Å². The van der Waals surface area contributed by atoms with Crippen molar-refractivity contribution in [1.29, 1.82) is 0 Å². The van der Waals surface area contributed by atoms with E-state index in [4.69, 9.17) is 28.9 Å². The minimum Gasteiger partial charge on any atom is -0.481 e. The van der Waals surface area contributed by atoms with Crippen LogP contribution in [0.1, 0.15) is 6.42 Å². The molecule has 0 saturated carbocycles. The number of anilines is 1. The largest absolute Gasteiger partial charge is 0.481 e. The van der Waals surface area contributed by atoms with Crippen LogP contribution in [0.15, 0.2) is 24.3 Å². The average Bonchev–Trinajstić information content (AvgIpc) is 2.55. The molecule has 1 atom stereocenters. The molecule has 7 heteroatoms. The van der Waals surface area contributed by atoms with E-state index in [2.05, 4.69) is 5.32 Å². The van der Waals surface area contributed by atoms with Crippen molar-refractivity contribution in [2.24, 2.45) is 0 Å². The van der Waals surface area contributed by atoms with Crippen LogP contribution >= 0.6 is 23.8 Å². The first-order chi connectivity index (χ1) is 8.50. The Hall–Kier alpha value is -1.66. The zero-order valence-electron chi connectivity index (χ0n) is 9.09. The van der Waals surface area contributed by atoms with Crippen LogP contribution in [0.3, 0.4) is 0 Å². The fourth-order valence-corrected chi connectivity index (χ4v) is 2.26. The summed E-state index contributed by atoms with van der Waals surface area (Å²) >= 11 is 11.0. The van der Waals surface area contributed by atoms with Crippen molar-refractivity contribution < 1.29 is 14.7 Å². The summed E-state index contributed by atoms with van der Waals surface area (Å²) in [4.78, 5) is 23.9. The zero-order chi connectivity index (χ0) is 13.3. The van der Waals surface area contributed by atoms with E-state index in [0.29, 0.717) is 10.7 Å². The first-order valence-corrected chi connectivity index (χ1v) is 5.90. The van der Waals surface area contributed by atoms with Gasteiger partial charge in [-0.1, -0.05) is 23.7 Å². The van der Waals surface area contributed by atoms with Gasteiger partial charge in [0, 0.05) is 0 Å². The van der Waals surface area contributed by atoms with Crippen LogP contribution in [0.5, 0.6) is 0 Å². The number of carboxylic acid groups (broad SMARTS) is 1. The Kier molecular flexibility index (Phi) is 3.49. The number of nitrogens with one attached hydrogen (secondary N) is 1. The number of amides is 1. The standard InChI is InChI=1S/C11H9ClN2O3S/c12-6-3-1-2-4-8(6)14-10(17)7(5-9(15)16)13-11(14)18/h1-4,7H,5H2,(H,13,18)(H,15,16). The molecule has 94 valence electrons. The van der Waals surface area contributed by atoms with Gasteiger partial charge in [-0.25, -0.2) is 0 Å². The van der Waals surface area contributed by atoms with E-state index in [1.807, 2.05) is 0 Å². The molecule has 1 aromatic carbocycles. The van der Waals surface area contributed by atoms with E-state index in [1.165, 1.54) is 4.90 Å². The molecular weight excluding hydrogens is 276 g/mol. The minimum atomic E-state index is -1.07. The van der Waals surface area contributed by atoms with Gasteiger partial charge in [-0.2, -0.15) is 0 Å². The third kappa shape index (κ3) is 2.30. The monoisotopic (exact) mass is 284 g/mol. The Balaban J connectivity index is 2.30. The SMILES string of the molecule is O=C(O)CC1NC(=S)N(c2ccccc2Cl)C1=O. The zero-order valence-corrected chi connectivity index (χ0v) is 10.7. The quantitative estimate of drug-likeness (QED) is 0.821. The predicted octanol–water partition coefficient (Wildman–Crippen LogP) is 1.40. The molecule has 1 unspecified atom stereocenters. The van der Waals surface area contributed by atoms with E-state index < -0.39 is 17.9 Å². The maximum absolute atomic E-state index is 12.1. The highest BCUT2D eigenvalue weighted by atomic mass is 35.5. The van der Waals surface area contributed by atoms with E-state index >= 15 is 0 Å². The van der Waals surface area contributed by atoms with E-state index in [0.717, 1.165) is 0 Å². The van der Waals surface area contributed by atoms with Gasteiger partial charge in [0.15, 0.2) is 5.11 Å². The molecule has 5 nitrogen and oxygen atoms in total. The van der Waals surface area contributed by atoms with Crippen LogP contribution < -0.4 is 10.2 Å². The first kappa shape index (κ1) is 12.8. The highest BCUT2D eigenvalue weighted by molar-refractivity contribution is 7.80. The number of nitrogens with zero attached hydrogens (tertiary/aromatic N) is 1. The summed E-state index contributed by atoms with van der Waals surface area (Å²) in [7, 11) is 0. The number of aliphatic carboxylic acids is 1. The number of hydrogen-bond donors (Lipinski definition) is 2. The number of carbonyl (C=O) groups is 2. The summed E-state index contributed by atoms with van der Waals surface area (Å²) in [5.41, 5.74) is 0.453. The van der Waals surface area contributed by atoms with Crippen molar-refractivity contribution in [1.82, 2.24) is 5.32 Å². The van der Waals surface area contributed by atoms with Gasteiger partial charge in [0.2, 0.25) is 0 Å². The fourth-order valence-electron chi connectivity index (χ4n) is 1.71. The number of halogens is 1. The summed E-state index contributed by atoms with van der Waals surface area (Å²) in [5, 5.41) is 11.9. The summed E-state index contributed by atoms with van der Waals surface area (Å²) in [6.45, 7) is 0. The van der Waals surface area contributed by atoms with Gasteiger partial charge in [0.25, 0.3) is 5.91 Å². The summed E-state index contributed by atoms with van der Waals surface area (Å²) < 4.78 is 0. The number of benzene rings is 1. The lowest BCUT2D eigenvalue weighted by Gasteiger charge is -2.16. The maximum atomic E-state index is 12.1. The molecule has 0 radical (unpaired) electrons. The van der Waals surface area contributed by atoms with Gasteiger partial charge < -0.3 is 10.4 Å². The molecular formula is C11H9ClN2O3S. The van der Waals surface area contributed by atoms with Crippen LogP contribution in [0.4, 0.5) is 5.69 Å². The normalized spacial score (nSPS) is 18.9. The summed E-state index contributed by atoms with van der Waals surface area (Å²) in [5.74, 6) is -1.47. The molecule has 0 aromatic heterocycles. The Bertz CT molecular complexity index is 535. The van der Waals surface area contributed by atoms with Gasteiger partial charge >= 0.3 is 5.97 Å². The lowest BCUT2D eigenvalue weighted by molar-refractivity contribution is -0.139. The molecule has 1 heterocycles. The second-order valence-corrected chi connectivity index (χ2v) is 4.52. The van der Waals surface area contributed by atoms with Crippen molar-refractivity contribution in [3.63, 3.8) is 0 Å². The Morgan fingerprint density at radius 1 is 1.50 bits per heavy atom. The highest BCUT2D eigenvalue weighted by Crippen LogP contribution is 2.28. The first-order valence-electron chi connectivity index (χ1n) is 5.11. The molecule has 0 spiro atoms. The van der Waals surface area contributed by atoms with Crippen molar-refractivity contribution in [2.45, 2.75) is 12.5 Å². The number of rotatable bonds is 3. The van der Waals surface area contributed by atoms with Crippen LogP contribution in [0, 0.1) is 0 Å². The van der Waals surface area contributed by atoms with Crippen LogP contribution in [0.25, 0.3) is 0 Å². The summed E-state index contributed by atoms with van der Waals surface area (Å²) in [6.07, 6.45) is -0.320. The molecule has 0 aliphatic carbocycles.